The smallest absolute Gasteiger partial charge is 0.225 e. The molecule has 1 aliphatic carbocycles. The number of carbonyl (C=O) groups is 1. The van der Waals surface area contributed by atoms with E-state index in [9.17, 15) is 4.79 Å². The number of benzene rings is 2. The van der Waals surface area contributed by atoms with E-state index in [1.54, 1.807) is 0 Å². The van der Waals surface area contributed by atoms with Gasteiger partial charge < -0.3 is 9.64 Å². The van der Waals surface area contributed by atoms with E-state index in [0.717, 1.165) is 43.5 Å². The van der Waals surface area contributed by atoms with E-state index < -0.39 is 0 Å². The van der Waals surface area contributed by atoms with Crippen LogP contribution in [0.15, 0.2) is 54.7 Å². The maximum Gasteiger partial charge on any atom is 0.225 e. The summed E-state index contributed by atoms with van der Waals surface area (Å²) >= 11 is 0. The van der Waals surface area contributed by atoms with E-state index in [1.165, 1.54) is 22.1 Å². The summed E-state index contributed by atoms with van der Waals surface area (Å²) in [4.78, 5) is 19.0. The van der Waals surface area contributed by atoms with Crippen LogP contribution in [0.5, 0.6) is 5.75 Å². The molecule has 2 unspecified atom stereocenters. The number of hydrogen-bond donors (Lipinski definition) is 0. The molecule has 1 saturated heterocycles. The highest BCUT2D eigenvalue weighted by atomic mass is 35.5. The minimum Gasteiger partial charge on any atom is -0.490 e. The first-order valence-corrected chi connectivity index (χ1v) is 11.0. The number of rotatable bonds is 4. The van der Waals surface area contributed by atoms with Gasteiger partial charge in [0, 0.05) is 42.9 Å². The molecule has 1 saturated carbocycles. The third kappa shape index (κ3) is 4.40. The monoisotopic (exact) mass is 436 g/mol. The molecule has 1 amide bonds. The van der Waals surface area contributed by atoms with Gasteiger partial charge in [-0.2, -0.15) is 0 Å². The molecule has 1 aliphatic heterocycles. The quantitative estimate of drug-likeness (QED) is 0.519. The number of likely N-dealkylation sites (tertiary alicyclic amines) is 1. The molecule has 5 rings (SSSR count). The average molecular weight is 437 g/mol. The van der Waals surface area contributed by atoms with Gasteiger partial charge >= 0.3 is 0 Å². The van der Waals surface area contributed by atoms with Gasteiger partial charge in [-0.1, -0.05) is 30.3 Å². The van der Waals surface area contributed by atoms with E-state index in [1.807, 2.05) is 12.3 Å². The summed E-state index contributed by atoms with van der Waals surface area (Å²) in [5.74, 6) is 1.55. The number of carbonyl (C=O) groups excluding carboxylic acids is 1. The van der Waals surface area contributed by atoms with Crippen LogP contribution in [0.4, 0.5) is 0 Å². The van der Waals surface area contributed by atoms with Crippen molar-refractivity contribution in [3.63, 3.8) is 0 Å². The Hall–Kier alpha value is -2.59. The number of pyridine rings is 1. The fraction of sp³-hybridized carbons (Fsp3) is 0.385. The van der Waals surface area contributed by atoms with Gasteiger partial charge in [0.15, 0.2) is 0 Å². The number of aryl methyl sites for hydroxylation is 1. The average Bonchev–Trinajstić information content (AvgIpc) is 3.60. The van der Waals surface area contributed by atoms with Crippen LogP contribution in [-0.2, 0) is 4.79 Å². The SMILES string of the molecule is Cc1c(-c2ccc(OC3CCN(C(=O)C4CC4)C(C)C3)cc2)ccc2cccnc12.Cl. The Kier molecular flexibility index (Phi) is 6.19. The van der Waals surface area contributed by atoms with Crippen molar-refractivity contribution in [1.82, 2.24) is 9.88 Å². The van der Waals surface area contributed by atoms with E-state index in [2.05, 4.69) is 66.2 Å². The summed E-state index contributed by atoms with van der Waals surface area (Å²) in [6, 6.07) is 17.0. The van der Waals surface area contributed by atoms with E-state index in [-0.39, 0.29) is 24.6 Å². The molecule has 2 fully saturated rings. The van der Waals surface area contributed by atoms with Crippen LogP contribution in [0.25, 0.3) is 22.0 Å². The zero-order valence-electron chi connectivity index (χ0n) is 18.1. The maximum atomic E-state index is 12.4. The molecule has 0 bridgehead atoms. The van der Waals surface area contributed by atoms with Crippen molar-refractivity contribution in [2.75, 3.05) is 6.54 Å². The molecule has 5 heteroatoms. The number of ether oxygens (including phenoxy) is 1. The molecule has 0 spiro atoms. The summed E-state index contributed by atoms with van der Waals surface area (Å²) < 4.78 is 6.27. The third-order valence-electron chi connectivity index (χ3n) is 6.53. The van der Waals surface area contributed by atoms with Gasteiger partial charge in [0.05, 0.1) is 5.52 Å². The molecule has 0 radical (unpaired) electrons. The van der Waals surface area contributed by atoms with E-state index in [0.29, 0.717) is 11.8 Å². The first-order valence-electron chi connectivity index (χ1n) is 11.0. The molecule has 3 aromatic rings. The molecule has 31 heavy (non-hydrogen) atoms. The predicted molar refractivity (Wildman–Crippen MR) is 127 cm³/mol. The van der Waals surface area contributed by atoms with Crippen LogP contribution >= 0.6 is 12.4 Å². The maximum absolute atomic E-state index is 12.4. The number of aromatic nitrogens is 1. The third-order valence-corrected chi connectivity index (χ3v) is 6.53. The van der Waals surface area contributed by atoms with Crippen molar-refractivity contribution in [2.45, 2.75) is 51.7 Å². The molecule has 2 heterocycles. The second kappa shape index (κ2) is 8.88. The van der Waals surface area contributed by atoms with Crippen molar-refractivity contribution >= 4 is 29.2 Å². The van der Waals surface area contributed by atoms with Gasteiger partial charge in [0.1, 0.15) is 11.9 Å². The predicted octanol–water partition coefficient (Wildman–Crippen LogP) is 5.80. The molecule has 2 aliphatic rings. The second-order valence-electron chi connectivity index (χ2n) is 8.76. The van der Waals surface area contributed by atoms with Crippen molar-refractivity contribution in [3.8, 4) is 16.9 Å². The second-order valence-corrected chi connectivity index (χ2v) is 8.76. The van der Waals surface area contributed by atoms with Gasteiger partial charge in [-0.05, 0) is 61.6 Å². The Morgan fingerprint density at radius 1 is 1.06 bits per heavy atom. The number of halogens is 1. The molecule has 1 aromatic heterocycles. The van der Waals surface area contributed by atoms with Gasteiger partial charge in [0.2, 0.25) is 5.91 Å². The van der Waals surface area contributed by atoms with E-state index >= 15 is 0 Å². The fourth-order valence-corrected chi connectivity index (χ4v) is 4.64. The van der Waals surface area contributed by atoms with Gasteiger partial charge in [-0.3, -0.25) is 9.78 Å². The van der Waals surface area contributed by atoms with Gasteiger partial charge in [-0.25, -0.2) is 0 Å². The molecule has 162 valence electrons. The Bertz CT molecular complexity index is 1080. The number of hydrogen-bond acceptors (Lipinski definition) is 3. The topological polar surface area (TPSA) is 42.4 Å². The molecule has 0 N–H and O–H groups in total. The zero-order chi connectivity index (χ0) is 20.7. The largest absolute Gasteiger partial charge is 0.490 e. The molecule has 2 aromatic carbocycles. The molecule has 2 atom stereocenters. The highest BCUT2D eigenvalue weighted by Crippen LogP contribution is 2.34. The first kappa shape index (κ1) is 21.6. The van der Waals surface area contributed by atoms with Crippen LogP contribution in [0, 0.1) is 12.8 Å². The van der Waals surface area contributed by atoms with E-state index in [4.69, 9.17) is 4.74 Å². The summed E-state index contributed by atoms with van der Waals surface area (Å²) in [7, 11) is 0. The molecular weight excluding hydrogens is 408 g/mol. The van der Waals surface area contributed by atoms with Crippen molar-refractivity contribution in [3.05, 3.63) is 60.3 Å². The number of piperidine rings is 1. The Labute approximate surface area is 190 Å². The lowest BCUT2D eigenvalue weighted by Gasteiger charge is -2.37. The summed E-state index contributed by atoms with van der Waals surface area (Å²) in [6.07, 6.45) is 5.96. The first-order chi connectivity index (χ1) is 14.6. The van der Waals surface area contributed by atoms with Crippen molar-refractivity contribution < 1.29 is 9.53 Å². The van der Waals surface area contributed by atoms with Crippen molar-refractivity contribution in [2.24, 2.45) is 5.92 Å². The molecule has 4 nitrogen and oxygen atoms in total. The fourth-order valence-electron chi connectivity index (χ4n) is 4.64. The Morgan fingerprint density at radius 3 is 2.55 bits per heavy atom. The minimum absolute atomic E-state index is 0. The van der Waals surface area contributed by atoms with Crippen LogP contribution in [0.1, 0.15) is 38.2 Å². The summed E-state index contributed by atoms with van der Waals surface area (Å²) in [6.45, 7) is 5.09. The van der Waals surface area contributed by atoms with Crippen LogP contribution in [-0.4, -0.2) is 34.5 Å². The highest BCUT2D eigenvalue weighted by molar-refractivity contribution is 5.88. The number of amides is 1. The van der Waals surface area contributed by atoms with Crippen LogP contribution in [0.2, 0.25) is 0 Å². The zero-order valence-corrected chi connectivity index (χ0v) is 18.9. The van der Waals surface area contributed by atoms with Crippen LogP contribution in [0.3, 0.4) is 0 Å². The lowest BCUT2D eigenvalue weighted by atomic mass is 9.97. The summed E-state index contributed by atoms with van der Waals surface area (Å²) in [5.41, 5.74) is 4.62. The van der Waals surface area contributed by atoms with Gasteiger partial charge in [-0.15, -0.1) is 12.4 Å². The standard InChI is InChI=1S/C26H28N2O2.ClH/c1-17-16-23(13-15-28(17)26(29)21-5-6-21)30-22-10-7-19(8-11-22)24-12-9-20-4-3-14-27-25(20)18(24)2;/h3-4,7-12,14,17,21,23H,5-6,13,15-16H2,1-2H3;1H. The van der Waals surface area contributed by atoms with Crippen molar-refractivity contribution in [1.29, 1.82) is 0 Å². The normalized spacial score (nSPS) is 20.9. The summed E-state index contributed by atoms with van der Waals surface area (Å²) in [5, 5.41) is 1.17. The lowest BCUT2D eigenvalue weighted by molar-refractivity contribution is -0.137. The molecular formula is C26H29ClN2O2. The Morgan fingerprint density at radius 2 is 1.84 bits per heavy atom. The minimum atomic E-state index is 0. The highest BCUT2D eigenvalue weighted by Gasteiger charge is 2.38. The number of nitrogens with zero attached hydrogens (tertiary/aromatic N) is 2. The lowest BCUT2D eigenvalue weighted by Crippen LogP contribution is -2.48. The van der Waals surface area contributed by atoms with Gasteiger partial charge in [0.25, 0.3) is 0 Å². The number of fused-ring (bicyclic) bond motifs is 1. The Balaban J connectivity index is 0.00000231. The van der Waals surface area contributed by atoms with Crippen LogP contribution < -0.4 is 4.74 Å².